The molecule has 144 valence electrons. The second-order valence-electron chi connectivity index (χ2n) is 6.52. The van der Waals surface area contributed by atoms with Crippen LogP contribution in [-0.2, 0) is 11.8 Å². The summed E-state index contributed by atoms with van der Waals surface area (Å²) in [6.45, 7) is 0.887. The van der Waals surface area contributed by atoms with Crippen LogP contribution >= 0.6 is 0 Å². The van der Waals surface area contributed by atoms with Crippen molar-refractivity contribution in [1.82, 2.24) is 14.5 Å². The third kappa shape index (κ3) is 3.38. The first-order chi connectivity index (χ1) is 13.5. The number of pyridine rings is 1. The fourth-order valence-corrected chi connectivity index (χ4v) is 3.30. The number of ether oxygens (including phenoxy) is 1. The maximum absolute atomic E-state index is 14.2. The molecule has 3 heterocycles. The lowest BCUT2D eigenvalue weighted by molar-refractivity contribution is 0.0343. The van der Waals surface area contributed by atoms with E-state index in [1.807, 2.05) is 4.90 Å². The van der Waals surface area contributed by atoms with Crippen molar-refractivity contribution in [2.45, 2.75) is 6.10 Å². The van der Waals surface area contributed by atoms with Gasteiger partial charge in [-0.25, -0.2) is 13.8 Å². The maximum atomic E-state index is 14.2. The van der Waals surface area contributed by atoms with Gasteiger partial charge >= 0.3 is 0 Å². The van der Waals surface area contributed by atoms with E-state index in [0.29, 0.717) is 18.2 Å². The van der Waals surface area contributed by atoms with Crippen molar-refractivity contribution >= 4 is 5.95 Å². The standard InChI is InChI=1S/C20H18F2N4O2/c1-25-18(27)11-16(13-5-7-23-8-6-13)24-20(25)26-9-10-28-17(12-26)19-14(21)3-2-4-15(19)22/h2-8,11,17H,9-10,12H2,1H3/t17-/m1/s1. The van der Waals surface area contributed by atoms with Gasteiger partial charge in [-0.3, -0.25) is 14.3 Å². The number of rotatable bonds is 3. The van der Waals surface area contributed by atoms with E-state index in [1.165, 1.54) is 28.8 Å². The Hall–Kier alpha value is -3.13. The van der Waals surface area contributed by atoms with Crippen LogP contribution < -0.4 is 10.5 Å². The van der Waals surface area contributed by atoms with Gasteiger partial charge in [0.2, 0.25) is 5.95 Å². The predicted octanol–water partition coefficient (Wildman–Crippen LogP) is 2.70. The van der Waals surface area contributed by atoms with Gasteiger partial charge in [0.1, 0.15) is 17.7 Å². The highest BCUT2D eigenvalue weighted by molar-refractivity contribution is 5.59. The predicted molar refractivity (Wildman–Crippen MR) is 100.0 cm³/mol. The van der Waals surface area contributed by atoms with E-state index in [9.17, 15) is 13.6 Å². The molecular weight excluding hydrogens is 366 g/mol. The van der Waals surface area contributed by atoms with E-state index in [1.54, 1.807) is 31.6 Å². The summed E-state index contributed by atoms with van der Waals surface area (Å²) in [6.07, 6.45) is 2.45. The molecule has 1 saturated heterocycles. The zero-order valence-corrected chi connectivity index (χ0v) is 15.2. The summed E-state index contributed by atoms with van der Waals surface area (Å²) >= 11 is 0. The molecule has 0 unspecified atom stereocenters. The van der Waals surface area contributed by atoms with Crippen LogP contribution in [0.2, 0.25) is 0 Å². The van der Waals surface area contributed by atoms with Crippen LogP contribution in [0.3, 0.4) is 0 Å². The molecule has 3 aromatic rings. The van der Waals surface area contributed by atoms with Crippen LogP contribution in [0.4, 0.5) is 14.7 Å². The van der Waals surface area contributed by atoms with Crippen molar-refractivity contribution in [3.05, 3.63) is 76.3 Å². The van der Waals surface area contributed by atoms with E-state index in [-0.39, 0.29) is 24.3 Å². The van der Waals surface area contributed by atoms with Crippen LogP contribution in [0.1, 0.15) is 11.7 Å². The minimum absolute atomic E-state index is 0.109. The van der Waals surface area contributed by atoms with Gasteiger partial charge in [-0.05, 0) is 24.3 Å². The van der Waals surface area contributed by atoms with Gasteiger partial charge in [0.15, 0.2) is 0 Å². The Morgan fingerprint density at radius 2 is 1.86 bits per heavy atom. The first kappa shape index (κ1) is 18.2. The summed E-state index contributed by atoms with van der Waals surface area (Å²) in [5.74, 6) is -0.886. The van der Waals surface area contributed by atoms with E-state index in [4.69, 9.17) is 4.74 Å². The van der Waals surface area contributed by atoms with Gasteiger partial charge in [0.25, 0.3) is 5.56 Å². The number of benzene rings is 1. The molecule has 0 amide bonds. The highest BCUT2D eigenvalue weighted by Gasteiger charge is 2.29. The Morgan fingerprint density at radius 1 is 1.14 bits per heavy atom. The number of morpholine rings is 1. The molecule has 0 saturated carbocycles. The second-order valence-corrected chi connectivity index (χ2v) is 6.52. The molecule has 2 aromatic heterocycles. The van der Waals surface area contributed by atoms with Gasteiger partial charge in [0, 0.05) is 37.6 Å². The van der Waals surface area contributed by atoms with E-state index in [0.717, 1.165) is 5.56 Å². The van der Waals surface area contributed by atoms with Crippen molar-refractivity contribution in [3.63, 3.8) is 0 Å². The fourth-order valence-electron chi connectivity index (χ4n) is 3.30. The van der Waals surface area contributed by atoms with Crippen molar-refractivity contribution in [1.29, 1.82) is 0 Å². The zero-order chi connectivity index (χ0) is 19.7. The SMILES string of the molecule is Cn1c(N2CCO[C@@H](c3c(F)cccc3F)C2)nc(-c2ccncc2)cc1=O. The molecule has 28 heavy (non-hydrogen) atoms. The van der Waals surface area contributed by atoms with Crippen molar-refractivity contribution in [2.24, 2.45) is 7.05 Å². The normalized spacial score (nSPS) is 17.0. The summed E-state index contributed by atoms with van der Waals surface area (Å²) in [4.78, 5) is 22.9. The maximum Gasteiger partial charge on any atom is 0.255 e. The van der Waals surface area contributed by atoms with Crippen molar-refractivity contribution in [3.8, 4) is 11.3 Å². The molecule has 1 aromatic carbocycles. The number of hydrogen-bond acceptors (Lipinski definition) is 5. The summed E-state index contributed by atoms with van der Waals surface area (Å²) < 4.78 is 35.4. The van der Waals surface area contributed by atoms with Crippen LogP contribution in [0.5, 0.6) is 0 Å². The summed E-state index contributed by atoms with van der Waals surface area (Å²) in [5, 5.41) is 0. The number of anilines is 1. The lowest BCUT2D eigenvalue weighted by Crippen LogP contribution is -2.42. The Morgan fingerprint density at radius 3 is 2.57 bits per heavy atom. The highest BCUT2D eigenvalue weighted by Crippen LogP contribution is 2.29. The number of nitrogens with zero attached hydrogens (tertiary/aromatic N) is 4. The Labute approximate surface area is 160 Å². The Kier molecular flexibility index (Phi) is 4.87. The third-order valence-electron chi connectivity index (χ3n) is 4.76. The molecule has 0 radical (unpaired) electrons. The van der Waals surface area contributed by atoms with Crippen molar-refractivity contribution < 1.29 is 13.5 Å². The van der Waals surface area contributed by atoms with Crippen LogP contribution in [0.25, 0.3) is 11.3 Å². The Balaban J connectivity index is 1.71. The molecule has 0 spiro atoms. The summed E-state index contributed by atoms with van der Waals surface area (Å²) in [5.41, 5.74) is 0.943. The third-order valence-corrected chi connectivity index (χ3v) is 4.76. The van der Waals surface area contributed by atoms with Crippen LogP contribution in [-0.4, -0.2) is 34.2 Å². The zero-order valence-electron chi connectivity index (χ0n) is 15.2. The molecule has 0 aliphatic carbocycles. The second kappa shape index (κ2) is 7.47. The van der Waals surface area contributed by atoms with Gasteiger partial charge < -0.3 is 9.64 Å². The van der Waals surface area contributed by atoms with E-state index >= 15 is 0 Å². The first-order valence-corrected chi connectivity index (χ1v) is 8.83. The smallest absolute Gasteiger partial charge is 0.255 e. The minimum atomic E-state index is -0.795. The molecule has 4 rings (SSSR count). The largest absolute Gasteiger partial charge is 0.370 e. The number of aromatic nitrogens is 3. The monoisotopic (exact) mass is 384 g/mol. The van der Waals surface area contributed by atoms with Crippen LogP contribution in [0.15, 0.2) is 53.6 Å². The van der Waals surface area contributed by atoms with Gasteiger partial charge in [-0.1, -0.05) is 6.07 Å². The topological polar surface area (TPSA) is 60.2 Å². The van der Waals surface area contributed by atoms with Crippen molar-refractivity contribution in [2.75, 3.05) is 24.6 Å². The average molecular weight is 384 g/mol. The molecular formula is C20H18F2N4O2. The molecule has 1 atom stereocenters. The molecule has 0 N–H and O–H groups in total. The minimum Gasteiger partial charge on any atom is -0.370 e. The van der Waals surface area contributed by atoms with Gasteiger partial charge in [0.05, 0.1) is 24.4 Å². The molecule has 0 bridgehead atoms. The van der Waals surface area contributed by atoms with Gasteiger partial charge in [-0.15, -0.1) is 0 Å². The number of halogens is 2. The fraction of sp³-hybridized carbons (Fsp3) is 0.250. The van der Waals surface area contributed by atoms with Gasteiger partial charge in [-0.2, -0.15) is 0 Å². The molecule has 1 aliphatic rings. The number of hydrogen-bond donors (Lipinski definition) is 0. The molecule has 1 aliphatic heterocycles. The van der Waals surface area contributed by atoms with Crippen LogP contribution in [0, 0.1) is 11.6 Å². The summed E-state index contributed by atoms with van der Waals surface area (Å²) in [7, 11) is 1.62. The first-order valence-electron chi connectivity index (χ1n) is 8.83. The lowest BCUT2D eigenvalue weighted by Gasteiger charge is -2.34. The molecule has 6 nitrogen and oxygen atoms in total. The summed E-state index contributed by atoms with van der Waals surface area (Å²) in [6, 6.07) is 8.72. The lowest BCUT2D eigenvalue weighted by atomic mass is 10.1. The molecule has 1 fully saturated rings. The Bertz CT molecular complexity index is 1040. The highest BCUT2D eigenvalue weighted by atomic mass is 19.1. The quantitative estimate of drug-likeness (QED) is 0.695. The van der Waals surface area contributed by atoms with E-state index < -0.39 is 17.7 Å². The van der Waals surface area contributed by atoms with E-state index in [2.05, 4.69) is 9.97 Å². The molecule has 8 heteroatoms. The average Bonchev–Trinajstić information content (AvgIpc) is 2.71.